The summed E-state index contributed by atoms with van der Waals surface area (Å²) in [6.45, 7) is 1.39. The third-order valence-corrected chi connectivity index (χ3v) is 10.0. The molecule has 1 unspecified atom stereocenters. The number of ether oxygens (including phenoxy) is 3. The van der Waals surface area contributed by atoms with Crippen LogP contribution in [0.2, 0.25) is 0 Å². The van der Waals surface area contributed by atoms with Crippen LogP contribution in [-0.2, 0) is 27.8 Å². The van der Waals surface area contributed by atoms with Gasteiger partial charge in [-0.2, -0.15) is 0 Å². The molecule has 12 atom stereocenters. The predicted octanol–water partition coefficient (Wildman–Crippen LogP) is 1.38. The number of methoxy groups -OCH3 is 1. The van der Waals surface area contributed by atoms with E-state index < -0.39 is 81.7 Å². The van der Waals surface area contributed by atoms with Crippen LogP contribution in [0.3, 0.4) is 0 Å². The van der Waals surface area contributed by atoms with Gasteiger partial charge in [0.05, 0.1) is 19.3 Å². The molecule has 15 heteroatoms. The first-order chi connectivity index (χ1) is 22.0. The number of phosphoric ester groups is 1. The molecule has 14 nitrogen and oxygen atoms in total. The van der Waals surface area contributed by atoms with E-state index in [1.54, 1.807) is 0 Å². The second-order valence-electron chi connectivity index (χ2n) is 12.7. The normalized spacial score (nSPS) is 34.9. The molecule has 8 N–H and O–H groups in total. The van der Waals surface area contributed by atoms with Gasteiger partial charge < -0.3 is 64.5 Å². The Morgan fingerprint density at radius 2 is 1.17 bits per heavy atom. The first-order valence-corrected chi connectivity index (χ1v) is 18.7. The van der Waals surface area contributed by atoms with Crippen molar-refractivity contribution in [3.05, 3.63) is 0 Å². The molecular weight excluding hydrogens is 625 g/mol. The summed E-state index contributed by atoms with van der Waals surface area (Å²) in [6.07, 6.45) is 2.37. The molecule has 1 saturated carbocycles. The van der Waals surface area contributed by atoms with Crippen molar-refractivity contribution in [3.8, 4) is 0 Å². The Morgan fingerprint density at radius 1 is 0.696 bits per heavy atom. The standard InChI is InChI=1S/C31H62NO13P/c1-3-4-5-6-7-8-9-10-11-12-13-14-15-16-17-18-19-42-46(39,40)45-30-28(41-2)26(37)25(36)27(38)29(30)44-31-22(32)24(35)23(34)21(20-33)43-31/h21-31,33-38H,3-20,32H2,1-2H3,(H,39,40)/p-1/t21-,22-,23-,24-,25-,26-,27+,28-,29-,30-,31-/m1/s1. The second-order valence-corrected chi connectivity index (χ2v) is 14.1. The third kappa shape index (κ3) is 13.5. The molecule has 0 spiro atoms. The van der Waals surface area contributed by atoms with E-state index in [2.05, 4.69) is 6.92 Å². The number of rotatable bonds is 24. The van der Waals surface area contributed by atoms with E-state index in [0.29, 0.717) is 6.42 Å². The van der Waals surface area contributed by atoms with Crippen molar-refractivity contribution < 1.29 is 63.4 Å². The zero-order chi connectivity index (χ0) is 34.1. The van der Waals surface area contributed by atoms with Crippen LogP contribution in [0.5, 0.6) is 0 Å². The average Bonchev–Trinajstić information content (AvgIpc) is 3.03. The highest BCUT2D eigenvalue weighted by Gasteiger charge is 2.54. The summed E-state index contributed by atoms with van der Waals surface area (Å²) in [6, 6.07) is -1.39. The van der Waals surface area contributed by atoms with Crippen molar-refractivity contribution >= 4 is 7.82 Å². The van der Waals surface area contributed by atoms with E-state index in [9.17, 15) is 40.1 Å². The predicted molar refractivity (Wildman–Crippen MR) is 167 cm³/mol. The van der Waals surface area contributed by atoms with Gasteiger partial charge in [-0.05, 0) is 6.42 Å². The van der Waals surface area contributed by atoms with E-state index >= 15 is 0 Å². The van der Waals surface area contributed by atoms with E-state index in [0.717, 1.165) is 32.8 Å². The Bertz CT molecular complexity index is 842. The number of hydrogen-bond donors (Lipinski definition) is 7. The Labute approximate surface area is 274 Å². The van der Waals surface area contributed by atoms with E-state index in [4.69, 9.17) is 29.0 Å². The zero-order valence-corrected chi connectivity index (χ0v) is 28.5. The van der Waals surface area contributed by atoms with Gasteiger partial charge in [-0.1, -0.05) is 103 Å². The van der Waals surface area contributed by atoms with Crippen molar-refractivity contribution in [1.82, 2.24) is 0 Å². The number of hydrogen-bond acceptors (Lipinski definition) is 14. The van der Waals surface area contributed by atoms with Crippen LogP contribution in [-0.4, -0.2) is 118 Å². The maximum atomic E-state index is 12.8. The smallest absolute Gasteiger partial charge is 0.268 e. The monoisotopic (exact) mass is 686 g/mol. The van der Waals surface area contributed by atoms with Gasteiger partial charge in [0.15, 0.2) is 6.29 Å². The number of aliphatic hydroxyl groups excluding tert-OH is 6. The maximum absolute atomic E-state index is 12.8. The molecular formula is C31H61NO13P-. The minimum Gasteiger partial charge on any atom is -0.756 e. The molecule has 1 saturated heterocycles. The Morgan fingerprint density at radius 3 is 1.65 bits per heavy atom. The SMILES string of the molecule is CCCCCCCCCCCCCCCCCCOP(=O)([O-])O[C@@H]1[C@H](OC)[C@H](O)[C@@H](O)[C@H](O)[C@H]1O[C@H]1O[C@H](CO)[C@@H](O)[C@H](O)[C@H]1N. The lowest BCUT2D eigenvalue weighted by atomic mass is 9.84. The van der Waals surface area contributed by atoms with Gasteiger partial charge in [-0.3, -0.25) is 4.57 Å². The molecule has 2 aliphatic rings. The minimum atomic E-state index is -5.04. The van der Waals surface area contributed by atoms with E-state index in [-0.39, 0.29) is 6.61 Å². The lowest BCUT2D eigenvalue weighted by molar-refractivity contribution is -0.322. The number of aliphatic hydroxyl groups is 6. The number of phosphoric acid groups is 1. The summed E-state index contributed by atoms with van der Waals surface area (Å²) >= 11 is 0. The molecule has 46 heavy (non-hydrogen) atoms. The van der Waals surface area contributed by atoms with Crippen molar-refractivity contribution in [2.75, 3.05) is 20.3 Å². The molecule has 0 radical (unpaired) electrons. The summed E-state index contributed by atoms with van der Waals surface area (Å²) in [7, 11) is -3.89. The topological polar surface area (TPSA) is 234 Å². The fraction of sp³-hybridized carbons (Fsp3) is 1.00. The van der Waals surface area contributed by atoms with Gasteiger partial charge in [0, 0.05) is 7.11 Å². The van der Waals surface area contributed by atoms with Gasteiger partial charge in [-0.25, -0.2) is 0 Å². The summed E-state index contributed by atoms with van der Waals surface area (Å²) in [5.74, 6) is 0. The van der Waals surface area contributed by atoms with Crippen LogP contribution in [0.25, 0.3) is 0 Å². The molecule has 0 aromatic rings. The fourth-order valence-corrected chi connectivity index (χ4v) is 7.06. The summed E-state index contributed by atoms with van der Waals surface area (Å²) < 4.78 is 39.4. The summed E-state index contributed by atoms with van der Waals surface area (Å²) in [5, 5.41) is 61.4. The lowest BCUT2D eigenvalue weighted by Gasteiger charge is -2.48. The summed E-state index contributed by atoms with van der Waals surface area (Å²) in [4.78, 5) is 12.8. The molecule has 1 aliphatic carbocycles. The minimum absolute atomic E-state index is 0.137. The lowest BCUT2D eigenvalue weighted by Crippen LogP contribution is -2.68. The first kappa shape index (κ1) is 41.9. The molecule has 0 aromatic carbocycles. The van der Waals surface area contributed by atoms with E-state index in [1.807, 2.05) is 0 Å². The average molecular weight is 687 g/mol. The highest BCUT2D eigenvalue weighted by atomic mass is 31.2. The van der Waals surface area contributed by atoms with Crippen LogP contribution >= 0.6 is 7.82 Å². The molecule has 0 amide bonds. The highest BCUT2D eigenvalue weighted by molar-refractivity contribution is 7.45. The Kier molecular flexibility index (Phi) is 20.4. The molecule has 0 bridgehead atoms. The van der Waals surface area contributed by atoms with Crippen molar-refractivity contribution in [2.45, 2.75) is 177 Å². The molecule has 2 fully saturated rings. The van der Waals surface area contributed by atoms with Crippen LogP contribution in [0.1, 0.15) is 110 Å². The third-order valence-electron chi connectivity index (χ3n) is 9.01. The van der Waals surface area contributed by atoms with Crippen LogP contribution in [0, 0.1) is 0 Å². The van der Waals surface area contributed by atoms with Gasteiger partial charge in [0.2, 0.25) is 0 Å². The highest BCUT2D eigenvalue weighted by Crippen LogP contribution is 2.44. The van der Waals surface area contributed by atoms with Crippen molar-refractivity contribution in [1.29, 1.82) is 0 Å². The first-order valence-electron chi connectivity index (χ1n) is 17.2. The number of unbranched alkanes of at least 4 members (excludes halogenated alkanes) is 15. The summed E-state index contributed by atoms with van der Waals surface area (Å²) in [5.41, 5.74) is 5.92. The van der Waals surface area contributed by atoms with Gasteiger partial charge in [0.1, 0.15) is 54.9 Å². The molecule has 1 aliphatic heterocycles. The van der Waals surface area contributed by atoms with Crippen molar-refractivity contribution in [2.24, 2.45) is 5.73 Å². The van der Waals surface area contributed by atoms with Crippen molar-refractivity contribution in [3.63, 3.8) is 0 Å². The number of nitrogens with two attached hydrogens (primary N) is 1. The second kappa shape index (κ2) is 22.4. The fourth-order valence-electron chi connectivity index (χ4n) is 6.10. The van der Waals surface area contributed by atoms with Gasteiger partial charge >= 0.3 is 0 Å². The molecule has 2 rings (SSSR count). The van der Waals surface area contributed by atoms with Crippen LogP contribution < -0.4 is 10.6 Å². The zero-order valence-electron chi connectivity index (χ0n) is 27.6. The largest absolute Gasteiger partial charge is 0.756 e. The molecule has 0 aromatic heterocycles. The Hall–Kier alpha value is -0.290. The molecule has 1 heterocycles. The van der Waals surface area contributed by atoms with Gasteiger partial charge in [-0.15, -0.1) is 0 Å². The molecule has 274 valence electrons. The van der Waals surface area contributed by atoms with E-state index in [1.165, 1.54) is 70.6 Å². The van der Waals surface area contributed by atoms with Crippen LogP contribution in [0.4, 0.5) is 0 Å². The Balaban J connectivity index is 1.75. The van der Waals surface area contributed by atoms with Gasteiger partial charge in [0.25, 0.3) is 7.82 Å². The van der Waals surface area contributed by atoms with Crippen LogP contribution in [0.15, 0.2) is 0 Å². The quantitative estimate of drug-likeness (QED) is 0.0562. The maximum Gasteiger partial charge on any atom is 0.268 e.